The van der Waals surface area contributed by atoms with Crippen LogP contribution >= 0.6 is 0 Å². The summed E-state index contributed by atoms with van der Waals surface area (Å²) in [5.41, 5.74) is -0.575. The average Bonchev–Trinajstić information content (AvgIpc) is 2.46. The van der Waals surface area contributed by atoms with Crippen LogP contribution < -0.4 is 16.0 Å². The smallest absolute Gasteiger partial charge is 0.322 e. The molecule has 0 aromatic rings. The number of rotatable bonds is 10. The Kier molecular flexibility index (Phi) is 9.83. The number of carbonyl (C=O) groups is 5. The summed E-state index contributed by atoms with van der Waals surface area (Å²) < 4.78 is 5.10. The third kappa shape index (κ3) is 14.7. The van der Waals surface area contributed by atoms with E-state index in [2.05, 4.69) is 16.0 Å². The zero-order valence-corrected chi connectivity index (χ0v) is 14.6. The Morgan fingerprint density at radius 1 is 0.800 bits per heavy atom. The van der Waals surface area contributed by atoms with Crippen LogP contribution in [-0.2, 0) is 28.7 Å². The van der Waals surface area contributed by atoms with Gasteiger partial charge in [0.25, 0.3) is 0 Å². The number of ether oxygens (including phenoxy) is 1. The van der Waals surface area contributed by atoms with Gasteiger partial charge in [0.05, 0.1) is 13.1 Å². The molecule has 0 radical (unpaired) electrons. The van der Waals surface area contributed by atoms with Crippen molar-refractivity contribution in [2.45, 2.75) is 45.6 Å². The van der Waals surface area contributed by atoms with Crippen molar-refractivity contribution in [3.05, 3.63) is 0 Å². The highest BCUT2D eigenvalue weighted by Gasteiger charge is 2.16. The lowest BCUT2D eigenvalue weighted by Crippen LogP contribution is -2.42. The standard InChI is InChI=1S/C15H25N3O7/c1-15(2,3)25-14(24)6-4-5-10(19)16-7-11(20)17-8-12(21)18-9-13(22)23/h4-9H2,1-3H3,(H,16,19)(H,17,20)(H,18,21)(H,22,23). The van der Waals surface area contributed by atoms with Crippen molar-refractivity contribution in [3.8, 4) is 0 Å². The number of nitrogens with one attached hydrogen (secondary N) is 3. The van der Waals surface area contributed by atoms with E-state index >= 15 is 0 Å². The maximum Gasteiger partial charge on any atom is 0.322 e. The van der Waals surface area contributed by atoms with Crippen LogP contribution in [0.1, 0.15) is 40.0 Å². The quantitative estimate of drug-likeness (QED) is 0.363. The summed E-state index contributed by atoms with van der Waals surface area (Å²) in [6, 6.07) is 0. The number of aliphatic carboxylic acids is 1. The summed E-state index contributed by atoms with van der Waals surface area (Å²) in [6.45, 7) is 4.00. The van der Waals surface area contributed by atoms with Gasteiger partial charge in [0.15, 0.2) is 0 Å². The van der Waals surface area contributed by atoms with Gasteiger partial charge in [0.2, 0.25) is 17.7 Å². The van der Waals surface area contributed by atoms with E-state index < -0.39 is 41.8 Å². The zero-order valence-electron chi connectivity index (χ0n) is 14.6. The second kappa shape index (κ2) is 11.0. The maximum absolute atomic E-state index is 11.5. The van der Waals surface area contributed by atoms with E-state index in [0.29, 0.717) is 6.42 Å². The number of esters is 1. The molecule has 0 aliphatic rings. The predicted octanol–water partition coefficient (Wildman–Crippen LogP) is -1.07. The second-order valence-electron chi connectivity index (χ2n) is 6.16. The van der Waals surface area contributed by atoms with Gasteiger partial charge in [-0.05, 0) is 27.2 Å². The molecule has 0 heterocycles. The van der Waals surface area contributed by atoms with Gasteiger partial charge in [-0.3, -0.25) is 24.0 Å². The van der Waals surface area contributed by atoms with Crippen LogP contribution in [0.4, 0.5) is 0 Å². The number of carbonyl (C=O) groups excluding carboxylic acids is 4. The molecular formula is C15H25N3O7. The van der Waals surface area contributed by atoms with Gasteiger partial charge in [-0.2, -0.15) is 0 Å². The Morgan fingerprint density at radius 3 is 1.76 bits per heavy atom. The molecular weight excluding hydrogens is 334 g/mol. The Balaban J connectivity index is 3.80. The molecule has 4 N–H and O–H groups in total. The van der Waals surface area contributed by atoms with Crippen molar-refractivity contribution in [3.63, 3.8) is 0 Å². The van der Waals surface area contributed by atoms with E-state index in [1.165, 1.54) is 0 Å². The highest BCUT2D eigenvalue weighted by molar-refractivity contribution is 5.89. The minimum atomic E-state index is -1.20. The van der Waals surface area contributed by atoms with Crippen LogP contribution in [0.15, 0.2) is 0 Å². The molecule has 0 unspecified atom stereocenters. The summed E-state index contributed by atoms with van der Waals surface area (Å²) in [5.74, 6) is -3.25. The van der Waals surface area contributed by atoms with Crippen LogP contribution in [0.2, 0.25) is 0 Å². The monoisotopic (exact) mass is 359 g/mol. The van der Waals surface area contributed by atoms with Gasteiger partial charge < -0.3 is 25.8 Å². The van der Waals surface area contributed by atoms with Crippen molar-refractivity contribution >= 4 is 29.7 Å². The highest BCUT2D eigenvalue weighted by Crippen LogP contribution is 2.09. The molecule has 0 spiro atoms. The fourth-order valence-corrected chi connectivity index (χ4v) is 1.53. The Morgan fingerprint density at radius 2 is 1.28 bits per heavy atom. The molecule has 0 saturated carbocycles. The first kappa shape index (κ1) is 22.4. The summed E-state index contributed by atoms with van der Waals surface area (Å²) in [4.78, 5) is 55.8. The predicted molar refractivity (Wildman–Crippen MR) is 86.4 cm³/mol. The lowest BCUT2D eigenvalue weighted by atomic mass is 10.2. The van der Waals surface area contributed by atoms with Crippen LogP contribution in [0.5, 0.6) is 0 Å². The van der Waals surface area contributed by atoms with Gasteiger partial charge >= 0.3 is 11.9 Å². The van der Waals surface area contributed by atoms with Crippen molar-refractivity contribution in [1.82, 2.24) is 16.0 Å². The second-order valence-corrected chi connectivity index (χ2v) is 6.16. The molecule has 0 aliphatic heterocycles. The molecule has 0 rings (SSSR count). The first-order chi connectivity index (χ1) is 11.5. The molecule has 0 bridgehead atoms. The Hall–Kier alpha value is -2.65. The minimum Gasteiger partial charge on any atom is -0.480 e. The van der Waals surface area contributed by atoms with Crippen molar-refractivity contribution < 1.29 is 33.8 Å². The summed E-state index contributed by atoms with van der Waals surface area (Å²) in [7, 11) is 0. The fourth-order valence-electron chi connectivity index (χ4n) is 1.53. The van der Waals surface area contributed by atoms with Crippen LogP contribution in [0, 0.1) is 0 Å². The highest BCUT2D eigenvalue weighted by atomic mass is 16.6. The van der Waals surface area contributed by atoms with E-state index in [-0.39, 0.29) is 25.9 Å². The third-order valence-electron chi connectivity index (χ3n) is 2.53. The molecule has 10 nitrogen and oxygen atoms in total. The molecule has 0 saturated heterocycles. The number of hydrogen-bond donors (Lipinski definition) is 4. The average molecular weight is 359 g/mol. The van der Waals surface area contributed by atoms with Crippen LogP contribution in [-0.4, -0.2) is 60.0 Å². The molecule has 142 valence electrons. The van der Waals surface area contributed by atoms with Gasteiger partial charge in [-0.25, -0.2) is 0 Å². The maximum atomic E-state index is 11.5. The molecule has 3 amide bonds. The van der Waals surface area contributed by atoms with E-state index in [9.17, 15) is 24.0 Å². The first-order valence-corrected chi connectivity index (χ1v) is 7.73. The molecule has 0 fully saturated rings. The van der Waals surface area contributed by atoms with E-state index in [1.807, 2.05) is 0 Å². The summed E-state index contributed by atoms with van der Waals surface area (Å²) >= 11 is 0. The van der Waals surface area contributed by atoms with E-state index in [4.69, 9.17) is 9.84 Å². The topological polar surface area (TPSA) is 151 Å². The molecule has 0 aromatic heterocycles. The largest absolute Gasteiger partial charge is 0.480 e. The van der Waals surface area contributed by atoms with Crippen molar-refractivity contribution in [2.75, 3.05) is 19.6 Å². The lowest BCUT2D eigenvalue weighted by Gasteiger charge is -2.19. The van der Waals surface area contributed by atoms with Crippen molar-refractivity contribution in [1.29, 1.82) is 0 Å². The van der Waals surface area contributed by atoms with Crippen LogP contribution in [0.3, 0.4) is 0 Å². The Labute approximate surface area is 145 Å². The number of hydrogen-bond acceptors (Lipinski definition) is 6. The lowest BCUT2D eigenvalue weighted by molar-refractivity contribution is -0.155. The fraction of sp³-hybridized carbons (Fsp3) is 0.667. The molecule has 0 aromatic carbocycles. The number of carboxylic acid groups (broad SMARTS) is 1. The number of amides is 3. The van der Waals surface area contributed by atoms with E-state index in [0.717, 1.165) is 0 Å². The van der Waals surface area contributed by atoms with Gasteiger partial charge in [-0.1, -0.05) is 0 Å². The normalized spacial score (nSPS) is 10.5. The molecule has 0 atom stereocenters. The molecule has 0 aliphatic carbocycles. The van der Waals surface area contributed by atoms with E-state index in [1.54, 1.807) is 20.8 Å². The van der Waals surface area contributed by atoms with Crippen molar-refractivity contribution in [2.24, 2.45) is 0 Å². The van der Waals surface area contributed by atoms with Gasteiger partial charge in [0.1, 0.15) is 12.1 Å². The summed E-state index contributed by atoms with van der Waals surface area (Å²) in [6.07, 6.45) is 0.451. The SMILES string of the molecule is CC(C)(C)OC(=O)CCCC(=O)NCC(=O)NCC(=O)NCC(=O)O. The summed E-state index contributed by atoms with van der Waals surface area (Å²) in [5, 5.41) is 15.0. The third-order valence-corrected chi connectivity index (χ3v) is 2.53. The Bertz CT molecular complexity index is 512. The molecule has 10 heteroatoms. The van der Waals surface area contributed by atoms with Crippen LogP contribution in [0.25, 0.3) is 0 Å². The number of carboxylic acids is 1. The van der Waals surface area contributed by atoms with Gasteiger partial charge in [0, 0.05) is 12.8 Å². The molecule has 25 heavy (non-hydrogen) atoms. The first-order valence-electron chi connectivity index (χ1n) is 7.73. The van der Waals surface area contributed by atoms with Gasteiger partial charge in [-0.15, -0.1) is 0 Å². The minimum absolute atomic E-state index is 0.0611. The zero-order chi connectivity index (χ0) is 19.5.